The Morgan fingerprint density at radius 2 is 1.68 bits per heavy atom. The molecule has 0 spiro atoms. The summed E-state index contributed by atoms with van der Waals surface area (Å²) in [5, 5.41) is 14.8. The van der Waals surface area contributed by atoms with Crippen molar-refractivity contribution >= 4 is 17.7 Å². The van der Waals surface area contributed by atoms with E-state index >= 15 is 0 Å². The van der Waals surface area contributed by atoms with Crippen molar-refractivity contribution in [2.75, 3.05) is 20.8 Å². The van der Waals surface area contributed by atoms with Crippen LogP contribution >= 0.6 is 0 Å². The van der Waals surface area contributed by atoms with Crippen molar-refractivity contribution in [1.82, 2.24) is 4.98 Å². The number of pyridine rings is 1. The molecule has 2 unspecified atom stereocenters. The highest BCUT2D eigenvalue weighted by atomic mass is 16.5. The van der Waals surface area contributed by atoms with E-state index in [1.807, 2.05) is 54.6 Å². The van der Waals surface area contributed by atoms with Crippen molar-refractivity contribution in [3.8, 4) is 11.5 Å². The Morgan fingerprint density at radius 3 is 2.27 bits per heavy atom. The van der Waals surface area contributed by atoms with E-state index in [0.717, 1.165) is 34.7 Å². The first-order valence-electron chi connectivity index (χ1n) is 11.5. The number of ketones is 1. The molecule has 0 radical (unpaired) electrons. The molecule has 37 heavy (non-hydrogen) atoms. The third-order valence-corrected chi connectivity index (χ3v) is 6.13. The predicted molar refractivity (Wildman–Crippen MR) is 134 cm³/mol. The molecule has 2 N–H and O–H groups in total. The van der Waals surface area contributed by atoms with E-state index < -0.39 is 11.9 Å². The van der Waals surface area contributed by atoms with E-state index in [2.05, 4.69) is 17.1 Å². The van der Waals surface area contributed by atoms with Crippen molar-refractivity contribution in [3.05, 3.63) is 89.7 Å². The fourth-order valence-corrected chi connectivity index (χ4v) is 4.19. The standard InChI is InChI=1S/C26H27NO4.C2H2O4/c1-29-17-19-14-22(11-12-25(19)30-2)31-18-26(20-8-4-3-5-9-20)16-23(26)24(28)15-21-10-6-7-13-27-21;3-1(4)2(5)6/h3-14,23H,15-18H2,1-2H3;(H,3,4)(H,5,6). The van der Waals surface area contributed by atoms with Crippen molar-refractivity contribution < 1.29 is 38.8 Å². The highest BCUT2D eigenvalue weighted by molar-refractivity contribution is 6.27. The Labute approximate surface area is 214 Å². The van der Waals surface area contributed by atoms with Crippen LogP contribution in [0.1, 0.15) is 23.2 Å². The smallest absolute Gasteiger partial charge is 0.414 e. The highest BCUT2D eigenvalue weighted by Crippen LogP contribution is 2.55. The molecule has 9 heteroatoms. The molecule has 2 atom stereocenters. The monoisotopic (exact) mass is 507 g/mol. The van der Waals surface area contributed by atoms with Gasteiger partial charge < -0.3 is 24.4 Å². The topological polar surface area (TPSA) is 132 Å². The number of nitrogens with zero attached hydrogens (tertiary/aromatic N) is 1. The number of hydrogen-bond donors (Lipinski definition) is 2. The van der Waals surface area contributed by atoms with Crippen LogP contribution in [0.5, 0.6) is 11.5 Å². The number of carbonyl (C=O) groups excluding carboxylic acids is 1. The van der Waals surface area contributed by atoms with Gasteiger partial charge in [0.05, 0.1) is 20.3 Å². The molecule has 3 aromatic rings. The number of aliphatic carboxylic acids is 2. The second-order valence-electron chi connectivity index (χ2n) is 8.55. The Balaban J connectivity index is 0.000000568. The van der Waals surface area contributed by atoms with Gasteiger partial charge in [0.25, 0.3) is 0 Å². The number of hydrogen-bond acceptors (Lipinski definition) is 7. The SMILES string of the molecule is COCc1cc(OCC2(c3ccccc3)CC2C(=O)Cc2ccccn2)ccc1OC.O=C(O)C(=O)O. The minimum absolute atomic E-state index is 0.0754. The highest BCUT2D eigenvalue weighted by Gasteiger charge is 2.59. The van der Waals surface area contributed by atoms with Gasteiger partial charge in [-0.1, -0.05) is 36.4 Å². The summed E-state index contributed by atoms with van der Waals surface area (Å²) < 4.78 is 16.9. The van der Waals surface area contributed by atoms with E-state index in [0.29, 0.717) is 19.6 Å². The second-order valence-corrected chi connectivity index (χ2v) is 8.55. The maximum Gasteiger partial charge on any atom is 0.414 e. The van der Waals surface area contributed by atoms with Crippen molar-refractivity contribution in [1.29, 1.82) is 0 Å². The van der Waals surface area contributed by atoms with Gasteiger partial charge in [0.15, 0.2) is 0 Å². The summed E-state index contributed by atoms with van der Waals surface area (Å²) in [6, 6.07) is 21.6. The summed E-state index contributed by atoms with van der Waals surface area (Å²) >= 11 is 0. The second kappa shape index (κ2) is 12.6. The van der Waals surface area contributed by atoms with Gasteiger partial charge in [0.2, 0.25) is 0 Å². The first kappa shape index (κ1) is 27.3. The number of ether oxygens (including phenoxy) is 3. The zero-order chi connectivity index (χ0) is 26.8. The van der Waals surface area contributed by atoms with Gasteiger partial charge >= 0.3 is 11.9 Å². The lowest BCUT2D eigenvalue weighted by Gasteiger charge is -2.20. The van der Waals surface area contributed by atoms with Gasteiger partial charge in [-0.05, 0) is 42.3 Å². The van der Waals surface area contributed by atoms with Crippen LogP contribution in [0.4, 0.5) is 0 Å². The molecule has 0 bridgehead atoms. The van der Waals surface area contributed by atoms with Crippen LogP contribution in [-0.2, 0) is 37.6 Å². The molecule has 194 valence electrons. The number of methoxy groups -OCH3 is 2. The number of carbonyl (C=O) groups is 3. The third kappa shape index (κ3) is 7.14. The number of carboxylic acid groups (broad SMARTS) is 2. The van der Waals surface area contributed by atoms with Gasteiger partial charge in [-0.3, -0.25) is 9.78 Å². The maximum atomic E-state index is 13.1. The van der Waals surface area contributed by atoms with Gasteiger partial charge in [-0.15, -0.1) is 0 Å². The summed E-state index contributed by atoms with van der Waals surface area (Å²) in [6.07, 6.45) is 2.86. The van der Waals surface area contributed by atoms with Gasteiger partial charge in [0, 0.05) is 42.3 Å². The number of carboxylic acids is 2. The lowest BCUT2D eigenvalue weighted by Crippen LogP contribution is -2.24. The van der Waals surface area contributed by atoms with Crippen LogP contribution in [0.2, 0.25) is 0 Å². The third-order valence-electron chi connectivity index (χ3n) is 6.13. The van der Waals surface area contributed by atoms with Crippen molar-refractivity contribution in [2.45, 2.75) is 24.9 Å². The van der Waals surface area contributed by atoms with E-state index in [1.54, 1.807) is 20.4 Å². The van der Waals surface area contributed by atoms with E-state index in [9.17, 15) is 4.79 Å². The van der Waals surface area contributed by atoms with Crippen molar-refractivity contribution in [2.24, 2.45) is 5.92 Å². The lowest BCUT2D eigenvalue weighted by molar-refractivity contribution is -0.159. The molecule has 2 aromatic carbocycles. The maximum absolute atomic E-state index is 13.1. The van der Waals surface area contributed by atoms with Crippen LogP contribution < -0.4 is 9.47 Å². The van der Waals surface area contributed by atoms with E-state index in [1.165, 1.54) is 0 Å². The molecular formula is C28H29NO8. The molecule has 1 heterocycles. The fraction of sp³-hybridized carbons (Fsp3) is 0.286. The zero-order valence-electron chi connectivity index (χ0n) is 20.6. The number of rotatable bonds is 10. The first-order valence-corrected chi connectivity index (χ1v) is 11.5. The molecule has 1 aliphatic rings. The van der Waals surface area contributed by atoms with Crippen molar-refractivity contribution in [3.63, 3.8) is 0 Å². The zero-order valence-corrected chi connectivity index (χ0v) is 20.6. The Kier molecular flexibility index (Phi) is 9.34. The largest absolute Gasteiger partial charge is 0.496 e. The van der Waals surface area contributed by atoms with Gasteiger partial charge in [-0.25, -0.2) is 9.59 Å². The first-order chi connectivity index (χ1) is 17.8. The average Bonchev–Trinajstić information content (AvgIpc) is 3.65. The van der Waals surface area contributed by atoms with Gasteiger partial charge in [0.1, 0.15) is 17.3 Å². The van der Waals surface area contributed by atoms with Crippen LogP contribution in [0.15, 0.2) is 72.9 Å². The molecule has 0 aliphatic heterocycles. The molecular weight excluding hydrogens is 478 g/mol. The van der Waals surface area contributed by atoms with Crippen LogP contribution in [-0.4, -0.2) is 53.7 Å². The number of benzene rings is 2. The molecule has 0 amide bonds. The van der Waals surface area contributed by atoms with E-state index in [-0.39, 0.29) is 17.1 Å². The molecule has 1 saturated carbocycles. The summed E-state index contributed by atoms with van der Waals surface area (Å²) in [5.74, 6) is -2.01. The van der Waals surface area contributed by atoms with E-state index in [4.69, 9.17) is 34.0 Å². The Bertz CT molecular complexity index is 1200. The summed E-state index contributed by atoms with van der Waals surface area (Å²) in [5.41, 5.74) is 2.56. The number of Topliss-reactive ketones (excluding diaryl/α,β-unsaturated/α-hetero) is 1. The van der Waals surface area contributed by atoms with Crippen LogP contribution in [0.25, 0.3) is 0 Å². The molecule has 1 fully saturated rings. The predicted octanol–water partition coefficient (Wildman–Crippen LogP) is 3.54. The molecule has 1 aliphatic carbocycles. The summed E-state index contributed by atoms with van der Waals surface area (Å²) in [6.45, 7) is 0.879. The summed E-state index contributed by atoms with van der Waals surface area (Å²) in [4.78, 5) is 35.6. The lowest BCUT2D eigenvalue weighted by atomic mass is 9.92. The normalized spacial score (nSPS) is 17.6. The minimum atomic E-state index is -1.82. The Hall–Kier alpha value is -4.24. The molecule has 9 nitrogen and oxygen atoms in total. The molecule has 1 aromatic heterocycles. The molecule has 4 rings (SSSR count). The fourth-order valence-electron chi connectivity index (χ4n) is 4.19. The van der Waals surface area contributed by atoms with Crippen LogP contribution in [0.3, 0.4) is 0 Å². The quantitative estimate of drug-likeness (QED) is 0.395. The molecule has 0 saturated heterocycles. The Morgan fingerprint density at radius 1 is 0.973 bits per heavy atom. The van der Waals surface area contributed by atoms with Crippen LogP contribution in [0, 0.1) is 5.92 Å². The number of aromatic nitrogens is 1. The average molecular weight is 508 g/mol. The summed E-state index contributed by atoms with van der Waals surface area (Å²) in [7, 11) is 3.29. The van der Waals surface area contributed by atoms with Gasteiger partial charge in [-0.2, -0.15) is 0 Å². The minimum Gasteiger partial charge on any atom is -0.496 e.